The largest absolute Gasteiger partial charge is 0.456 e. The molecule has 0 saturated heterocycles. The van der Waals surface area contributed by atoms with E-state index in [-0.39, 0.29) is 0 Å². The van der Waals surface area contributed by atoms with Crippen LogP contribution in [-0.2, 0) is 0 Å². The van der Waals surface area contributed by atoms with Gasteiger partial charge >= 0.3 is 0 Å². The van der Waals surface area contributed by atoms with Crippen LogP contribution in [0.15, 0.2) is 156 Å². The maximum Gasteiger partial charge on any atom is 0.164 e. The molecule has 0 aliphatic carbocycles. The number of fused-ring (bicyclic) bond motifs is 5. The van der Waals surface area contributed by atoms with Crippen molar-refractivity contribution in [2.75, 3.05) is 0 Å². The summed E-state index contributed by atoms with van der Waals surface area (Å²) in [6, 6.07) is 52.4. The molecule has 4 heteroatoms. The first-order valence-electron chi connectivity index (χ1n) is 15.0. The molecule has 0 bridgehead atoms. The molecular formula is C41H25N3O. The number of rotatable bonds is 4. The average molecular weight is 576 g/mol. The van der Waals surface area contributed by atoms with Gasteiger partial charge in [-0.2, -0.15) is 0 Å². The molecule has 0 aliphatic heterocycles. The summed E-state index contributed by atoms with van der Waals surface area (Å²) in [5, 5.41) is 6.77. The van der Waals surface area contributed by atoms with E-state index in [2.05, 4.69) is 133 Å². The predicted molar refractivity (Wildman–Crippen MR) is 184 cm³/mol. The van der Waals surface area contributed by atoms with Crippen molar-refractivity contribution in [1.29, 1.82) is 0 Å². The van der Waals surface area contributed by atoms with E-state index in [0.29, 0.717) is 17.5 Å². The normalized spacial score (nSPS) is 11.6. The van der Waals surface area contributed by atoms with Crippen molar-refractivity contribution in [2.24, 2.45) is 0 Å². The van der Waals surface area contributed by atoms with Crippen molar-refractivity contribution in [1.82, 2.24) is 15.0 Å². The van der Waals surface area contributed by atoms with Crippen LogP contribution in [0.5, 0.6) is 0 Å². The Balaban J connectivity index is 1.21. The Morgan fingerprint density at radius 2 is 0.800 bits per heavy atom. The molecule has 9 aromatic rings. The maximum atomic E-state index is 6.27. The Bertz CT molecular complexity index is 2530. The number of aromatic nitrogens is 3. The number of nitrogens with zero attached hydrogens (tertiary/aromatic N) is 3. The Kier molecular flexibility index (Phi) is 5.78. The molecule has 7 aromatic carbocycles. The third kappa shape index (κ3) is 4.52. The summed E-state index contributed by atoms with van der Waals surface area (Å²) in [5.74, 6) is 1.88. The van der Waals surface area contributed by atoms with Crippen LogP contribution in [-0.4, -0.2) is 15.0 Å². The monoisotopic (exact) mass is 575 g/mol. The van der Waals surface area contributed by atoms with Crippen LogP contribution in [0.3, 0.4) is 0 Å². The Morgan fingerprint density at radius 1 is 0.311 bits per heavy atom. The topological polar surface area (TPSA) is 51.8 Å². The first-order chi connectivity index (χ1) is 22.2. The standard InChI is InChI=1S/C41H25N3O/c1-2-8-26(9-3-1)28-14-17-29(18-15-28)39-42-40(33-19-16-27-10-4-5-11-30(27)22-33)44-41(43-39)34-20-21-37-35(24-34)36-23-31-12-6-7-13-32(31)25-38(36)45-37/h1-25H. The Hall–Kier alpha value is -6.13. The van der Waals surface area contributed by atoms with Gasteiger partial charge in [-0.1, -0.05) is 115 Å². The molecule has 0 fully saturated rings. The molecular weight excluding hydrogens is 550 g/mol. The van der Waals surface area contributed by atoms with E-state index in [1.807, 2.05) is 18.2 Å². The average Bonchev–Trinajstić information content (AvgIpc) is 3.47. The summed E-state index contributed by atoms with van der Waals surface area (Å²) in [6.07, 6.45) is 0. The van der Waals surface area contributed by atoms with E-state index in [9.17, 15) is 0 Å². The minimum Gasteiger partial charge on any atom is -0.456 e. The van der Waals surface area contributed by atoms with Gasteiger partial charge in [-0.15, -0.1) is 0 Å². The molecule has 0 aliphatic rings. The van der Waals surface area contributed by atoms with E-state index in [1.54, 1.807) is 0 Å². The highest BCUT2D eigenvalue weighted by Gasteiger charge is 2.16. The number of furan rings is 1. The van der Waals surface area contributed by atoms with E-state index < -0.39 is 0 Å². The smallest absolute Gasteiger partial charge is 0.164 e. The van der Waals surface area contributed by atoms with Crippen molar-refractivity contribution in [3.8, 4) is 45.3 Å². The third-order valence-corrected chi connectivity index (χ3v) is 8.49. The summed E-state index contributed by atoms with van der Waals surface area (Å²) in [5.41, 5.74) is 6.81. The van der Waals surface area contributed by atoms with Crippen LogP contribution in [0.25, 0.3) is 88.8 Å². The molecule has 2 heterocycles. The van der Waals surface area contributed by atoms with E-state index in [1.165, 1.54) is 16.3 Å². The molecule has 45 heavy (non-hydrogen) atoms. The van der Waals surface area contributed by atoms with Gasteiger partial charge in [-0.25, -0.2) is 15.0 Å². The molecule has 0 spiro atoms. The molecule has 2 aromatic heterocycles. The molecule has 0 saturated carbocycles. The summed E-state index contributed by atoms with van der Waals surface area (Å²) in [7, 11) is 0. The third-order valence-electron chi connectivity index (χ3n) is 8.49. The highest BCUT2D eigenvalue weighted by atomic mass is 16.3. The maximum absolute atomic E-state index is 6.27. The molecule has 0 atom stereocenters. The second-order valence-corrected chi connectivity index (χ2v) is 11.3. The van der Waals surface area contributed by atoms with Crippen LogP contribution in [0, 0.1) is 0 Å². The lowest BCUT2D eigenvalue weighted by Crippen LogP contribution is -2.00. The van der Waals surface area contributed by atoms with Crippen molar-refractivity contribution in [3.63, 3.8) is 0 Å². The summed E-state index contributed by atoms with van der Waals surface area (Å²) in [4.78, 5) is 15.1. The Labute approximate surface area is 259 Å². The van der Waals surface area contributed by atoms with E-state index in [4.69, 9.17) is 19.4 Å². The Morgan fingerprint density at radius 3 is 1.53 bits per heavy atom. The summed E-state index contributed by atoms with van der Waals surface area (Å²) < 4.78 is 6.27. The van der Waals surface area contributed by atoms with Gasteiger partial charge < -0.3 is 4.42 Å². The van der Waals surface area contributed by atoms with Crippen molar-refractivity contribution in [2.45, 2.75) is 0 Å². The minimum absolute atomic E-state index is 0.618. The molecule has 0 amide bonds. The van der Waals surface area contributed by atoms with Gasteiger partial charge in [-0.3, -0.25) is 0 Å². The van der Waals surface area contributed by atoms with Crippen molar-refractivity contribution in [3.05, 3.63) is 152 Å². The molecule has 0 radical (unpaired) electrons. The van der Waals surface area contributed by atoms with Gasteiger partial charge in [0, 0.05) is 27.5 Å². The van der Waals surface area contributed by atoms with Crippen LogP contribution >= 0.6 is 0 Å². The lowest BCUT2D eigenvalue weighted by atomic mass is 10.0. The number of hydrogen-bond acceptors (Lipinski definition) is 4. The van der Waals surface area contributed by atoms with Gasteiger partial charge in [-0.05, 0) is 69.1 Å². The minimum atomic E-state index is 0.618. The molecule has 9 rings (SSSR count). The van der Waals surface area contributed by atoms with Crippen molar-refractivity contribution < 1.29 is 4.42 Å². The fraction of sp³-hybridized carbons (Fsp3) is 0. The SMILES string of the molecule is c1ccc(-c2ccc(-c3nc(-c4ccc5ccccc5c4)nc(-c4ccc5oc6cc7ccccc7cc6c5c4)n3)cc2)cc1. The highest BCUT2D eigenvalue weighted by Crippen LogP contribution is 2.35. The lowest BCUT2D eigenvalue weighted by molar-refractivity contribution is 0.669. The zero-order valence-electron chi connectivity index (χ0n) is 24.2. The van der Waals surface area contributed by atoms with Crippen LogP contribution < -0.4 is 0 Å². The first kappa shape index (κ1) is 25.4. The molecule has 4 nitrogen and oxygen atoms in total. The zero-order valence-corrected chi connectivity index (χ0v) is 24.2. The predicted octanol–water partition coefficient (Wildman–Crippen LogP) is 10.7. The van der Waals surface area contributed by atoms with Gasteiger partial charge in [0.15, 0.2) is 17.5 Å². The summed E-state index contributed by atoms with van der Waals surface area (Å²) >= 11 is 0. The number of hydrogen-bond donors (Lipinski definition) is 0. The van der Waals surface area contributed by atoms with Gasteiger partial charge in [0.05, 0.1) is 0 Å². The second-order valence-electron chi connectivity index (χ2n) is 11.3. The molecule has 0 N–H and O–H groups in total. The first-order valence-corrected chi connectivity index (χ1v) is 15.0. The van der Waals surface area contributed by atoms with Gasteiger partial charge in [0.25, 0.3) is 0 Å². The molecule has 210 valence electrons. The van der Waals surface area contributed by atoms with Crippen LogP contribution in [0.1, 0.15) is 0 Å². The zero-order chi connectivity index (χ0) is 29.7. The number of benzene rings is 7. The quantitative estimate of drug-likeness (QED) is 0.209. The summed E-state index contributed by atoms with van der Waals surface area (Å²) in [6.45, 7) is 0. The van der Waals surface area contributed by atoms with Crippen molar-refractivity contribution >= 4 is 43.5 Å². The fourth-order valence-electron chi connectivity index (χ4n) is 6.14. The van der Waals surface area contributed by atoms with Crippen LogP contribution in [0.4, 0.5) is 0 Å². The molecule has 0 unspecified atom stereocenters. The van der Waals surface area contributed by atoms with E-state index >= 15 is 0 Å². The van der Waals surface area contributed by atoms with Gasteiger partial charge in [0.2, 0.25) is 0 Å². The lowest BCUT2D eigenvalue weighted by Gasteiger charge is -2.10. The fourth-order valence-corrected chi connectivity index (χ4v) is 6.14. The second kappa shape index (κ2) is 10.2. The van der Waals surface area contributed by atoms with Crippen LogP contribution in [0.2, 0.25) is 0 Å². The van der Waals surface area contributed by atoms with E-state index in [0.717, 1.165) is 55.0 Å². The highest BCUT2D eigenvalue weighted by molar-refractivity contribution is 6.10. The van der Waals surface area contributed by atoms with Gasteiger partial charge in [0.1, 0.15) is 11.2 Å².